The minimum absolute atomic E-state index is 0.0336. The molecule has 2 saturated carbocycles. The molecule has 2 fully saturated rings. The van der Waals surface area contributed by atoms with Crippen molar-refractivity contribution in [1.29, 1.82) is 0 Å². The highest BCUT2D eigenvalue weighted by Crippen LogP contribution is 2.48. The topological polar surface area (TPSA) is 97.5 Å². The maximum Gasteiger partial charge on any atom is 0.294 e. The molecule has 7 heteroatoms. The maximum absolute atomic E-state index is 11.8. The highest BCUT2D eigenvalue weighted by molar-refractivity contribution is 7.85. The number of nitrogens with zero attached hydrogens (tertiary/aromatic N) is 1. The molecule has 0 amide bonds. The van der Waals surface area contributed by atoms with Crippen molar-refractivity contribution in [1.82, 2.24) is 0 Å². The van der Waals surface area contributed by atoms with Gasteiger partial charge in [-0.3, -0.25) is 14.7 Å². The van der Waals surface area contributed by atoms with Crippen LogP contribution in [0.4, 0.5) is 5.69 Å². The first-order valence-electron chi connectivity index (χ1n) is 9.14. The lowest BCUT2D eigenvalue weighted by molar-refractivity contribution is -0.385. The van der Waals surface area contributed by atoms with E-state index < -0.39 is 15.0 Å². The molecular formula is C18H25NO5S. The van der Waals surface area contributed by atoms with E-state index in [2.05, 4.69) is 0 Å². The molecule has 1 aromatic rings. The number of benzene rings is 1. The van der Waals surface area contributed by atoms with Crippen molar-refractivity contribution in [3.63, 3.8) is 0 Å². The van der Waals surface area contributed by atoms with Crippen molar-refractivity contribution >= 4 is 15.8 Å². The van der Waals surface area contributed by atoms with Crippen LogP contribution in [0.2, 0.25) is 0 Å². The standard InChI is InChI=1S/C18H25NO5S/c20-19(21)14-10-11-18(25(22,23)24)17(12-14)16-9-5-4-8-15(16)13-6-2-1-3-7-13/h10-13,15-16H,1-9H2,(H,22,23,24). The van der Waals surface area contributed by atoms with Gasteiger partial charge in [-0.2, -0.15) is 8.42 Å². The van der Waals surface area contributed by atoms with Gasteiger partial charge in [0.15, 0.2) is 0 Å². The minimum atomic E-state index is -4.40. The first-order valence-corrected chi connectivity index (χ1v) is 10.6. The molecule has 6 nitrogen and oxygen atoms in total. The molecule has 0 spiro atoms. The summed E-state index contributed by atoms with van der Waals surface area (Å²) in [6, 6.07) is 3.72. The van der Waals surface area contributed by atoms with Crippen LogP contribution in [0.1, 0.15) is 69.3 Å². The fraction of sp³-hybridized carbons (Fsp3) is 0.667. The molecule has 0 radical (unpaired) electrons. The summed E-state index contributed by atoms with van der Waals surface area (Å²) in [5.74, 6) is 0.859. The Balaban J connectivity index is 2.04. The second-order valence-electron chi connectivity index (χ2n) is 7.41. The largest absolute Gasteiger partial charge is 0.294 e. The zero-order valence-corrected chi connectivity index (χ0v) is 15.1. The summed E-state index contributed by atoms with van der Waals surface area (Å²) in [5, 5.41) is 11.2. The number of nitro groups is 1. The fourth-order valence-corrected chi connectivity index (χ4v) is 5.59. The van der Waals surface area contributed by atoms with E-state index in [4.69, 9.17) is 0 Å². The van der Waals surface area contributed by atoms with Crippen molar-refractivity contribution < 1.29 is 17.9 Å². The van der Waals surface area contributed by atoms with Crippen molar-refractivity contribution in [3.05, 3.63) is 33.9 Å². The number of hydrogen-bond acceptors (Lipinski definition) is 4. The van der Waals surface area contributed by atoms with E-state index >= 15 is 0 Å². The second-order valence-corrected chi connectivity index (χ2v) is 8.80. The summed E-state index contributed by atoms with van der Waals surface area (Å²) in [6.07, 6.45) is 9.92. The van der Waals surface area contributed by atoms with E-state index in [-0.39, 0.29) is 16.5 Å². The van der Waals surface area contributed by atoms with Crippen LogP contribution in [-0.4, -0.2) is 17.9 Å². The Hall–Kier alpha value is -1.47. The van der Waals surface area contributed by atoms with Crippen LogP contribution in [0, 0.1) is 22.0 Å². The van der Waals surface area contributed by atoms with Gasteiger partial charge < -0.3 is 0 Å². The summed E-state index contributed by atoms with van der Waals surface area (Å²) in [6.45, 7) is 0. The Morgan fingerprint density at radius 3 is 2.28 bits per heavy atom. The van der Waals surface area contributed by atoms with Gasteiger partial charge in [0.25, 0.3) is 15.8 Å². The summed E-state index contributed by atoms with van der Waals surface area (Å²) in [5.41, 5.74) is 0.322. The lowest BCUT2D eigenvalue weighted by Gasteiger charge is -2.39. The van der Waals surface area contributed by atoms with Crippen LogP contribution in [0.5, 0.6) is 0 Å². The van der Waals surface area contributed by atoms with E-state index in [1.54, 1.807) is 0 Å². The van der Waals surface area contributed by atoms with Crippen molar-refractivity contribution in [2.45, 2.75) is 68.6 Å². The van der Waals surface area contributed by atoms with Gasteiger partial charge in [0, 0.05) is 12.1 Å². The molecule has 2 aliphatic carbocycles. The molecule has 1 N–H and O–H groups in total. The number of rotatable bonds is 4. The quantitative estimate of drug-likeness (QED) is 0.473. The van der Waals surface area contributed by atoms with Gasteiger partial charge in [0.05, 0.1) is 9.82 Å². The summed E-state index contributed by atoms with van der Waals surface area (Å²) < 4.78 is 33.3. The van der Waals surface area contributed by atoms with Crippen LogP contribution in [0.15, 0.2) is 23.1 Å². The van der Waals surface area contributed by atoms with Gasteiger partial charge >= 0.3 is 0 Å². The Morgan fingerprint density at radius 2 is 1.64 bits per heavy atom. The van der Waals surface area contributed by atoms with Gasteiger partial charge in [-0.05, 0) is 42.2 Å². The van der Waals surface area contributed by atoms with Gasteiger partial charge in [-0.15, -0.1) is 0 Å². The number of hydrogen-bond donors (Lipinski definition) is 1. The summed E-state index contributed by atoms with van der Waals surface area (Å²) in [4.78, 5) is 10.5. The van der Waals surface area contributed by atoms with E-state index in [9.17, 15) is 23.1 Å². The third-order valence-electron chi connectivity index (χ3n) is 5.96. The van der Waals surface area contributed by atoms with Crippen LogP contribution >= 0.6 is 0 Å². The van der Waals surface area contributed by atoms with E-state index in [1.165, 1.54) is 31.4 Å². The molecule has 0 aromatic heterocycles. The lowest BCUT2D eigenvalue weighted by Crippen LogP contribution is -2.28. The Kier molecular flexibility index (Phi) is 5.43. The summed E-state index contributed by atoms with van der Waals surface area (Å²) >= 11 is 0. The third-order valence-corrected chi connectivity index (χ3v) is 6.88. The zero-order valence-electron chi connectivity index (χ0n) is 14.3. The molecule has 0 saturated heterocycles. The normalized spacial score (nSPS) is 25.6. The molecule has 138 valence electrons. The van der Waals surface area contributed by atoms with Gasteiger partial charge in [0.1, 0.15) is 0 Å². The maximum atomic E-state index is 11.8. The molecule has 2 aliphatic rings. The average molecular weight is 367 g/mol. The first-order chi connectivity index (χ1) is 11.9. The molecule has 2 unspecified atom stereocenters. The highest BCUT2D eigenvalue weighted by Gasteiger charge is 2.36. The van der Waals surface area contributed by atoms with Crippen LogP contribution < -0.4 is 0 Å². The minimum Gasteiger partial charge on any atom is -0.282 e. The number of nitro benzene ring substituents is 1. The van der Waals surface area contributed by atoms with Crippen molar-refractivity contribution in [2.75, 3.05) is 0 Å². The molecule has 3 rings (SSSR count). The highest BCUT2D eigenvalue weighted by atomic mass is 32.2. The van der Waals surface area contributed by atoms with Crippen LogP contribution in [0.25, 0.3) is 0 Å². The molecule has 25 heavy (non-hydrogen) atoms. The predicted molar refractivity (Wildman–Crippen MR) is 94.2 cm³/mol. The Labute approximate surface area is 148 Å². The SMILES string of the molecule is O=[N+]([O-])c1ccc(S(=O)(=O)O)c(C2CCCCC2C2CCCCC2)c1. The molecule has 0 bridgehead atoms. The molecule has 0 heterocycles. The van der Waals surface area contributed by atoms with Gasteiger partial charge in [0.2, 0.25) is 0 Å². The third kappa shape index (κ3) is 4.03. The van der Waals surface area contributed by atoms with Crippen molar-refractivity contribution in [3.8, 4) is 0 Å². The first kappa shape index (κ1) is 18.3. The zero-order chi connectivity index (χ0) is 18.0. The summed E-state index contributed by atoms with van der Waals surface area (Å²) in [7, 11) is -4.40. The molecular weight excluding hydrogens is 342 g/mol. The second kappa shape index (κ2) is 7.41. The van der Waals surface area contributed by atoms with E-state index in [0.29, 0.717) is 17.4 Å². The Bertz CT molecular complexity index is 740. The molecule has 2 atom stereocenters. The predicted octanol–water partition coefficient (Wildman–Crippen LogP) is 4.70. The smallest absolute Gasteiger partial charge is 0.282 e. The van der Waals surface area contributed by atoms with Gasteiger partial charge in [-0.1, -0.05) is 44.9 Å². The van der Waals surface area contributed by atoms with Crippen LogP contribution in [0.3, 0.4) is 0 Å². The van der Waals surface area contributed by atoms with Gasteiger partial charge in [-0.25, -0.2) is 0 Å². The molecule has 1 aromatic carbocycles. The fourth-order valence-electron chi connectivity index (χ4n) is 4.85. The lowest BCUT2D eigenvalue weighted by atomic mass is 9.66. The monoisotopic (exact) mass is 367 g/mol. The van der Waals surface area contributed by atoms with E-state index in [0.717, 1.165) is 44.6 Å². The van der Waals surface area contributed by atoms with Crippen molar-refractivity contribution in [2.24, 2.45) is 11.8 Å². The molecule has 0 aliphatic heterocycles. The Morgan fingerprint density at radius 1 is 1.00 bits per heavy atom. The number of non-ortho nitro benzene ring substituents is 1. The van der Waals surface area contributed by atoms with Crippen LogP contribution in [-0.2, 0) is 10.1 Å². The van der Waals surface area contributed by atoms with E-state index in [1.807, 2.05) is 0 Å². The average Bonchev–Trinajstić information content (AvgIpc) is 2.61.